The highest BCUT2D eigenvalue weighted by atomic mass is 79.9. The number of ether oxygens (including phenoxy) is 4. The van der Waals surface area contributed by atoms with E-state index in [1.54, 1.807) is 26.0 Å². The van der Waals surface area contributed by atoms with Crippen molar-refractivity contribution in [2.75, 3.05) is 26.9 Å². The van der Waals surface area contributed by atoms with E-state index in [0.717, 1.165) is 0 Å². The van der Waals surface area contributed by atoms with Gasteiger partial charge in [-0.25, -0.2) is 9.18 Å². The zero-order chi connectivity index (χ0) is 28.4. The number of amidine groups is 1. The van der Waals surface area contributed by atoms with Gasteiger partial charge in [0.05, 0.1) is 32.4 Å². The summed E-state index contributed by atoms with van der Waals surface area (Å²) in [4.78, 5) is 26.3. The topological polar surface area (TPSA) is 118 Å². The van der Waals surface area contributed by atoms with Gasteiger partial charge in [0.2, 0.25) is 0 Å². The van der Waals surface area contributed by atoms with Crippen molar-refractivity contribution < 1.29 is 38.0 Å². The number of Topliss-reactive ketones (excluding diaryl/α,β-unsaturated/α-hetero) is 1. The molecular weight excluding hydrogens is 575 g/mol. The van der Waals surface area contributed by atoms with E-state index >= 15 is 4.39 Å². The highest BCUT2D eigenvalue weighted by Crippen LogP contribution is 2.41. The number of methoxy groups -OCH3 is 1. The third-order valence-electron chi connectivity index (χ3n) is 6.15. The van der Waals surface area contributed by atoms with Crippen molar-refractivity contribution in [3.63, 3.8) is 0 Å². The second-order valence-electron chi connectivity index (χ2n) is 9.95. The number of aliphatic carboxylic acids is 1. The molecule has 0 fully saturated rings. The molecule has 2 aromatic carbocycles. The summed E-state index contributed by atoms with van der Waals surface area (Å²) in [6.07, 6.45) is -1.13. The minimum atomic E-state index is -1.13. The summed E-state index contributed by atoms with van der Waals surface area (Å²) >= 11 is 0. The Morgan fingerprint density at radius 2 is 1.74 bits per heavy atom. The fourth-order valence-corrected chi connectivity index (χ4v) is 4.24. The molecule has 2 aromatic rings. The van der Waals surface area contributed by atoms with E-state index in [1.165, 1.54) is 25.0 Å². The first-order valence-electron chi connectivity index (χ1n) is 12.4. The molecular formula is C28H36BrFN2O7. The maximum absolute atomic E-state index is 15.4. The second-order valence-corrected chi connectivity index (χ2v) is 9.95. The third kappa shape index (κ3) is 6.63. The Balaban J connectivity index is 0.00000533. The number of carbonyl (C=O) groups excluding carboxylic acids is 1. The van der Waals surface area contributed by atoms with Gasteiger partial charge < -0.3 is 29.0 Å². The number of hydrogen-bond donors (Lipinski definition) is 2. The first-order chi connectivity index (χ1) is 17.8. The summed E-state index contributed by atoms with van der Waals surface area (Å²) in [6, 6.07) is 4.81. The van der Waals surface area contributed by atoms with Crippen LogP contribution in [0.1, 0.15) is 68.6 Å². The second kappa shape index (κ2) is 12.7. The van der Waals surface area contributed by atoms with Crippen molar-refractivity contribution in [1.82, 2.24) is 4.90 Å². The van der Waals surface area contributed by atoms with Gasteiger partial charge in [0.15, 0.2) is 40.7 Å². The Hall–Kier alpha value is -3.34. The van der Waals surface area contributed by atoms with Crippen molar-refractivity contribution >= 4 is 34.6 Å². The summed E-state index contributed by atoms with van der Waals surface area (Å²) in [6.45, 7) is 11.2. The Morgan fingerprint density at radius 3 is 2.28 bits per heavy atom. The molecule has 0 saturated heterocycles. The number of carbonyl (C=O) groups is 2. The van der Waals surface area contributed by atoms with Crippen LogP contribution in [0.25, 0.3) is 0 Å². The van der Waals surface area contributed by atoms with Crippen LogP contribution in [0.3, 0.4) is 0 Å². The lowest BCUT2D eigenvalue weighted by molar-refractivity contribution is -0.144. The van der Waals surface area contributed by atoms with Crippen LogP contribution in [-0.4, -0.2) is 60.6 Å². The molecule has 1 heterocycles. The van der Waals surface area contributed by atoms with Crippen LogP contribution in [0.15, 0.2) is 18.2 Å². The van der Waals surface area contributed by atoms with Gasteiger partial charge in [0.25, 0.3) is 0 Å². The smallest absolute Gasteiger partial charge is 0.344 e. The lowest BCUT2D eigenvalue weighted by Gasteiger charge is -2.26. The summed E-state index contributed by atoms with van der Waals surface area (Å²) in [5.41, 5.74) is 1.01. The molecule has 1 aliphatic rings. The minimum Gasteiger partial charge on any atom is -0.493 e. The predicted octanol–water partition coefficient (Wildman–Crippen LogP) is 5.38. The monoisotopic (exact) mass is 610 g/mol. The van der Waals surface area contributed by atoms with Crippen molar-refractivity contribution in [2.24, 2.45) is 0 Å². The molecule has 0 aliphatic carbocycles. The molecule has 2 N–H and O–H groups in total. The number of halogens is 2. The Labute approximate surface area is 238 Å². The van der Waals surface area contributed by atoms with Crippen LogP contribution < -0.4 is 18.9 Å². The fourth-order valence-electron chi connectivity index (χ4n) is 4.24. The van der Waals surface area contributed by atoms with Gasteiger partial charge in [-0.2, -0.15) is 0 Å². The van der Waals surface area contributed by atoms with E-state index < -0.39 is 23.3 Å². The molecule has 1 unspecified atom stereocenters. The van der Waals surface area contributed by atoms with Crippen LogP contribution >= 0.6 is 17.0 Å². The first kappa shape index (κ1) is 31.9. The molecule has 214 valence electrons. The average molecular weight is 612 g/mol. The van der Waals surface area contributed by atoms with E-state index in [4.69, 9.17) is 24.4 Å². The lowest BCUT2D eigenvalue weighted by atomic mass is 9.84. The number of benzene rings is 2. The Kier molecular flexibility index (Phi) is 10.4. The Bertz CT molecular complexity index is 1260. The van der Waals surface area contributed by atoms with Gasteiger partial charge in [-0.15, -0.1) is 17.0 Å². The molecule has 9 nitrogen and oxygen atoms in total. The molecule has 11 heteroatoms. The van der Waals surface area contributed by atoms with Crippen molar-refractivity contribution in [3.05, 3.63) is 46.3 Å². The van der Waals surface area contributed by atoms with Gasteiger partial charge in [-0.3, -0.25) is 10.2 Å². The van der Waals surface area contributed by atoms with E-state index in [9.17, 15) is 14.7 Å². The van der Waals surface area contributed by atoms with Gasteiger partial charge in [-0.05, 0) is 49.9 Å². The molecule has 0 aromatic heterocycles. The van der Waals surface area contributed by atoms with Crippen LogP contribution in [0.5, 0.6) is 23.0 Å². The van der Waals surface area contributed by atoms with Crippen LogP contribution in [0.4, 0.5) is 4.39 Å². The van der Waals surface area contributed by atoms with Crippen LogP contribution in [-0.2, 0) is 16.8 Å². The van der Waals surface area contributed by atoms with Crippen molar-refractivity contribution in [1.29, 1.82) is 5.41 Å². The lowest BCUT2D eigenvalue weighted by Crippen LogP contribution is -2.31. The van der Waals surface area contributed by atoms with Gasteiger partial charge in [-0.1, -0.05) is 20.8 Å². The van der Waals surface area contributed by atoms with E-state index in [2.05, 4.69) is 0 Å². The zero-order valence-electron chi connectivity index (χ0n) is 23.3. The summed E-state index contributed by atoms with van der Waals surface area (Å²) < 4.78 is 37.6. The summed E-state index contributed by atoms with van der Waals surface area (Å²) in [5.74, 6) is -1.56. The Morgan fingerprint density at radius 1 is 1.10 bits per heavy atom. The molecule has 3 rings (SSSR count). The zero-order valence-corrected chi connectivity index (χ0v) is 25.0. The molecule has 39 heavy (non-hydrogen) atoms. The highest BCUT2D eigenvalue weighted by molar-refractivity contribution is 8.93. The molecule has 0 radical (unpaired) electrons. The minimum absolute atomic E-state index is 0. The van der Waals surface area contributed by atoms with E-state index in [-0.39, 0.29) is 76.9 Å². The number of carboxylic acid groups (broad SMARTS) is 1. The quantitative estimate of drug-likeness (QED) is 0.325. The maximum Gasteiger partial charge on any atom is 0.344 e. The first-order valence-corrected chi connectivity index (χ1v) is 12.4. The number of rotatable bonds is 11. The molecule has 0 amide bonds. The van der Waals surface area contributed by atoms with E-state index in [0.29, 0.717) is 23.3 Å². The molecule has 0 spiro atoms. The SMILES string of the molecule is Br.CCOc1cc2c(c(F)c1OCC)C(=N)N(CC(=O)c1cc(OC)c(OC(C)C(=O)O)c(C(C)(C)C)c1)C2. The van der Waals surface area contributed by atoms with Crippen LogP contribution in [0.2, 0.25) is 0 Å². The molecule has 0 bridgehead atoms. The average Bonchev–Trinajstić information content (AvgIpc) is 3.15. The van der Waals surface area contributed by atoms with Gasteiger partial charge in [0.1, 0.15) is 5.84 Å². The number of ketones is 1. The normalized spacial score (nSPS) is 13.3. The number of nitrogens with zero attached hydrogens (tertiary/aromatic N) is 1. The number of carboxylic acids is 1. The van der Waals surface area contributed by atoms with Crippen molar-refractivity contribution in [3.8, 4) is 23.0 Å². The molecule has 1 aliphatic heterocycles. The maximum atomic E-state index is 15.4. The predicted molar refractivity (Wildman–Crippen MR) is 150 cm³/mol. The number of nitrogens with one attached hydrogen (secondary N) is 1. The van der Waals surface area contributed by atoms with Crippen molar-refractivity contribution in [2.45, 2.75) is 59.6 Å². The third-order valence-corrected chi connectivity index (χ3v) is 6.15. The number of fused-ring (bicyclic) bond motifs is 1. The standard InChI is InChI=1S/C28H35FN2O7.BrH/c1-8-36-21-12-17-13-31(26(30)22(17)23(29)25(21)37-9-2)14-19(32)16-10-18(28(4,5)6)24(20(11-16)35-7)38-15(3)27(33)34;/h10-12,15,30H,8-9,13-14H2,1-7H3,(H,33,34);1H. The van der Waals surface area contributed by atoms with Gasteiger partial charge >= 0.3 is 5.97 Å². The summed E-state index contributed by atoms with van der Waals surface area (Å²) in [7, 11) is 1.41. The highest BCUT2D eigenvalue weighted by Gasteiger charge is 2.34. The molecule has 0 saturated carbocycles. The number of hydrogen-bond acceptors (Lipinski definition) is 7. The summed E-state index contributed by atoms with van der Waals surface area (Å²) in [5, 5.41) is 17.9. The largest absolute Gasteiger partial charge is 0.493 e. The molecule has 1 atom stereocenters. The van der Waals surface area contributed by atoms with Gasteiger partial charge in [0, 0.05) is 17.7 Å². The fraction of sp³-hybridized carbons (Fsp3) is 0.464. The van der Waals surface area contributed by atoms with Crippen LogP contribution in [0, 0.1) is 11.2 Å². The van der Waals surface area contributed by atoms with E-state index in [1.807, 2.05) is 20.8 Å².